The van der Waals surface area contributed by atoms with Gasteiger partial charge in [0, 0.05) is 6.04 Å². The van der Waals surface area contributed by atoms with Gasteiger partial charge < -0.3 is 5.11 Å². The van der Waals surface area contributed by atoms with Gasteiger partial charge in [-0.3, -0.25) is 9.69 Å². The van der Waals surface area contributed by atoms with Gasteiger partial charge in [-0.25, -0.2) is 0 Å². The lowest BCUT2D eigenvalue weighted by Crippen LogP contribution is -2.46. The van der Waals surface area contributed by atoms with Crippen molar-refractivity contribution in [3.8, 4) is 0 Å². The normalized spacial score (nSPS) is 27.1. The third-order valence-corrected chi connectivity index (χ3v) is 3.04. The number of carbonyl (C=O) groups is 1. The summed E-state index contributed by atoms with van der Waals surface area (Å²) in [6.45, 7) is -1.04. The molecule has 1 N–H and O–H groups in total. The first-order valence-corrected chi connectivity index (χ1v) is 5.31. The number of aliphatic carboxylic acids is 1. The first-order chi connectivity index (χ1) is 7.31. The Morgan fingerprint density at radius 2 is 1.94 bits per heavy atom. The van der Waals surface area contributed by atoms with Crippen LogP contribution in [-0.4, -0.2) is 41.8 Å². The highest BCUT2D eigenvalue weighted by Gasteiger charge is 2.38. The summed E-state index contributed by atoms with van der Waals surface area (Å²) in [5.74, 6) is -1.65. The molecule has 0 amide bonds. The number of halogens is 3. The van der Waals surface area contributed by atoms with Gasteiger partial charge in [0.25, 0.3) is 0 Å². The zero-order valence-electron chi connectivity index (χ0n) is 9.13. The molecule has 0 saturated heterocycles. The predicted molar refractivity (Wildman–Crippen MR) is 52.1 cm³/mol. The summed E-state index contributed by atoms with van der Waals surface area (Å²) in [5.41, 5.74) is 0. The Morgan fingerprint density at radius 3 is 2.44 bits per heavy atom. The molecule has 1 aliphatic rings. The van der Waals surface area contributed by atoms with Crippen molar-refractivity contribution in [2.24, 2.45) is 5.92 Å². The van der Waals surface area contributed by atoms with Crippen molar-refractivity contribution in [3.05, 3.63) is 0 Å². The summed E-state index contributed by atoms with van der Waals surface area (Å²) in [7, 11) is 1.35. The number of carboxylic acids is 1. The smallest absolute Gasteiger partial charge is 0.401 e. The van der Waals surface area contributed by atoms with Gasteiger partial charge in [-0.05, 0) is 19.9 Å². The Hall–Kier alpha value is -0.780. The maximum atomic E-state index is 12.2. The summed E-state index contributed by atoms with van der Waals surface area (Å²) in [6.07, 6.45) is -1.68. The van der Waals surface area contributed by atoms with Crippen LogP contribution in [0.25, 0.3) is 0 Å². The molecule has 94 valence electrons. The second-order valence-electron chi connectivity index (χ2n) is 4.33. The van der Waals surface area contributed by atoms with Gasteiger partial charge in [0.05, 0.1) is 12.5 Å². The summed E-state index contributed by atoms with van der Waals surface area (Å²) < 4.78 is 36.6. The Morgan fingerprint density at radius 1 is 1.38 bits per heavy atom. The summed E-state index contributed by atoms with van der Waals surface area (Å²) in [4.78, 5) is 12.0. The van der Waals surface area contributed by atoms with Crippen LogP contribution in [0.3, 0.4) is 0 Å². The largest absolute Gasteiger partial charge is 0.481 e. The maximum absolute atomic E-state index is 12.2. The molecule has 3 nitrogen and oxygen atoms in total. The fourth-order valence-corrected chi connectivity index (χ4v) is 2.33. The summed E-state index contributed by atoms with van der Waals surface area (Å²) in [6, 6.07) is -0.493. The Balaban J connectivity index is 2.64. The summed E-state index contributed by atoms with van der Waals surface area (Å²) >= 11 is 0. The highest BCUT2D eigenvalue weighted by atomic mass is 19.4. The molecule has 0 radical (unpaired) electrons. The second kappa shape index (κ2) is 5.03. The molecule has 16 heavy (non-hydrogen) atoms. The van der Waals surface area contributed by atoms with E-state index in [0.717, 1.165) is 17.7 Å². The first-order valence-electron chi connectivity index (χ1n) is 5.31. The summed E-state index contributed by atoms with van der Waals surface area (Å²) in [5, 5.41) is 8.95. The number of carboxylic acid groups (broad SMARTS) is 1. The second-order valence-corrected chi connectivity index (χ2v) is 4.33. The lowest BCUT2D eigenvalue weighted by Gasteiger charge is -2.36. The number of nitrogens with zero attached hydrogens (tertiary/aromatic N) is 1. The molecule has 0 heterocycles. The van der Waals surface area contributed by atoms with Crippen LogP contribution in [-0.2, 0) is 4.79 Å². The Labute approximate surface area is 92.2 Å². The minimum Gasteiger partial charge on any atom is -0.481 e. The first kappa shape index (κ1) is 13.3. The average molecular weight is 239 g/mol. The van der Waals surface area contributed by atoms with Crippen molar-refractivity contribution in [2.75, 3.05) is 13.6 Å². The van der Waals surface area contributed by atoms with E-state index in [1.807, 2.05) is 0 Å². The SMILES string of the molecule is CN(CC(F)(F)F)C1CCCCC1C(=O)O. The lowest BCUT2D eigenvalue weighted by atomic mass is 9.84. The fraction of sp³-hybridized carbons (Fsp3) is 0.900. The molecule has 2 unspecified atom stereocenters. The fourth-order valence-electron chi connectivity index (χ4n) is 2.33. The van der Waals surface area contributed by atoms with Gasteiger partial charge in [0.15, 0.2) is 0 Å². The predicted octanol–water partition coefficient (Wildman–Crippen LogP) is 2.12. The molecule has 1 saturated carbocycles. The molecule has 0 aromatic carbocycles. The van der Waals surface area contributed by atoms with Gasteiger partial charge in [-0.1, -0.05) is 12.8 Å². The molecule has 2 atom stereocenters. The van der Waals surface area contributed by atoms with Crippen LogP contribution in [0.15, 0.2) is 0 Å². The Bertz CT molecular complexity index is 255. The Kier molecular flexibility index (Phi) is 4.18. The highest BCUT2D eigenvalue weighted by molar-refractivity contribution is 5.71. The standard InChI is InChI=1S/C10H16F3NO2/c1-14(6-10(11,12)13)8-5-3-2-4-7(8)9(15)16/h7-8H,2-6H2,1H3,(H,15,16). The lowest BCUT2D eigenvalue weighted by molar-refractivity contribution is -0.159. The topological polar surface area (TPSA) is 40.5 Å². The molecule has 1 aliphatic carbocycles. The van der Waals surface area contributed by atoms with Crippen LogP contribution >= 0.6 is 0 Å². The zero-order chi connectivity index (χ0) is 12.3. The van der Waals surface area contributed by atoms with Crippen molar-refractivity contribution < 1.29 is 23.1 Å². The quantitative estimate of drug-likeness (QED) is 0.820. The van der Waals surface area contributed by atoms with E-state index < -0.39 is 30.7 Å². The van der Waals surface area contributed by atoms with Crippen LogP contribution in [0, 0.1) is 5.92 Å². The van der Waals surface area contributed by atoms with E-state index in [4.69, 9.17) is 5.11 Å². The molecule has 1 fully saturated rings. The van der Waals surface area contributed by atoms with Crippen LogP contribution in [0.1, 0.15) is 25.7 Å². The number of hydrogen-bond donors (Lipinski definition) is 1. The van der Waals surface area contributed by atoms with Crippen molar-refractivity contribution in [2.45, 2.75) is 37.9 Å². The zero-order valence-corrected chi connectivity index (χ0v) is 9.13. The maximum Gasteiger partial charge on any atom is 0.401 e. The van der Waals surface area contributed by atoms with Crippen LogP contribution < -0.4 is 0 Å². The molecule has 1 rings (SSSR count). The van der Waals surface area contributed by atoms with Crippen molar-refractivity contribution in [1.29, 1.82) is 0 Å². The molecular weight excluding hydrogens is 223 g/mol. The van der Waals surface area contributed by atoms with E-state index in [-0.39, 0.29) is 0 Å². The van der Waals surface area contributed by atoms with E-state index in [0.29, 0.717) is 12.8 Å². The third-order valence-electron chi connectivity index (χ3n) is 3.04. The van der Waals surface area contributed by atoms with Crippen LogP contribution in [0.2, 0.25) is 0 Å². The molecule has 6 heteroatoms. The minimum atomic E-state index is -4.27. The van der Waals surface area contributed by atoms with Gasteiger partial charge in [0.2, 0.25) is 0 Å². The van der Waals surface area contributed by atoms with Crippen molar-refractivity contribution >= 4 is 5.97 Å². The van der Waals surface area contributed by atoms with E-state index in [2.05, 4.69) is 0 Å². The molecule has 0 aliphatic heterocycles. The van der Waals surface area contributed by atoms with E-state index in [9.17, 15) is 18.0 Å². The van der Waals surface area contributed by atoms with Crippen molar-refractivity contribution in [3.63, 3.8) is 0 Å². The average Bonchev–Trinajstić information content (AvgIpc) is 2.15. The molecular formula is C10H16F3NO2. The molecule has 0 bridgehead atoms. The van der Waals surface area contributed by atoms with Crippen LogP contribution in [0.5, 0.6) is 0 Å². The van der Waals surface area contributed by atoms with Gasteiger partial charge in [-0.2, -0.15) is 13.2 Å². The molecule has 0 aromatic heterocycles. The van der Waals surface area contributed by atoms with E-state index in [1.165, 1.54) is 7.05 Å². The minimum absolute atomic E-state index is 0.474. The van der Waals surface area contributed by atoms with Gasteiger partial charge >= 0.3 is 12.1 Å². The third kappa shape index (κ3) is 3.66. The highest BCUT2D eigenvalue weighted by Crippen LogP contribution is 2.29. The molecule has 0 spiro atoms. The van der Waals surface area contributed by atoms with E-state index >= 15 is 0 Å². The number of hydrogen-bond acceptors (Lipinski definition) is 2. The monoisotopic (exact) mass is 239 g/mol. The van der Waals surface area contributed by atoms with Gasteiger partial charge in [0.1, 0.15) is 0 Å². The van der Waals surface area contributed by atoms with Gasteiger partial charge in [-0.15, -0.1) is 0 Å². The number of alkyl halides is 3. The van der Waals surface area contributed by atoms with E-state index in [1.54, 1.807) is 0 Å². The molecule has 0 aromatic rings. The number of rotatable bonds is 3. The van der Waals surface area contributed by atoms with Crippen molar-refractivity contribution in [1.82, 2.24) is 4.90 Å². The van der Waals surface area contributed by atoms with Crippen LogP contribution in [0.4, 0.5) is 13.2 Å².